The van der Waals surface area contributed by atoms with Crippen LogP contribution >= 0.6 is 0 Å². The Balaban J connectivity index is 1.50. The zero-order chi connectivity index (χ0) is 17.9. The highest BCUT2D eigenvalue weighted by atomic mass is 16.4. The summed E-state index contributed by atoms with van der Waals surface area (Å²) in [6, 6.07) is 18.0. The quantitative estimate of drug-likeness (QED) is 0.576. The van der Waals surface area contributed by atoms with E-state index in [9.17, 15) is 9.59 Å². The molecule has 0 saturated carbocycles. The minimum absolute atomic E-state index is 0.249. The van der Waals surface area contributed by atoms with Crippen LogP contribution in [0, 0.1) is 0 Å². The van der Waals surface area contributed by atoms with Gasteiger partial charge in [0.05, 0.1) is 18.3 Å². The highest BCUT2D eigenvalue weighted by Crippen LogP contribution is 2.18. The Bertz CT molecular complexity index is 1130. The van der Waals surface area contributed by atoms with E-state index in [1.807, 2.05) is 30.3 Å². The van der Waals surface area contributed by atoms with Crippen molar-refractivity contribution < 1.29 is 9.21 Å². The van der Waals surface area contributed by atoms with Gasteiger partial charge in [-0.15, -0.1) is 0 Å². The Morgan fingerprint density at radius 3 is 2.77 bits per heavy atom. The number of fused-ring (bicyclic) bond motifs is 1. The lowest BCUT2D eigenvalue weighted by Gasteiger charge is -2.05. The summed E-state index contributed by atoms with van der Waals surface area (Å²) in [4.78, 5) is 23.7. The maximum absolute atomic E-state index is 12.4. The number of aromatic nitrogens is 2. The molecule has 6 heteroatoms. The van der Waals surface area contributed by atoms with Crippen LogP contribution in [0.5, 0.6) is 0 Å². The number of hydrogen-bond donors (Lipinski definition) is 1. The van der Waals surface area contributed by atoms with Crippen molar-refractivity contribution in [3.05, 3.63) is 94.6 Å². The van der Waals surface area contributed by atoms with Crippen LogP contribution in [-0.4, -0.2) is 15.7 Å². The van der Waals surface area contributed by atoms with Crippen molar-refractivity contribution in [3.8, 4) is 0 Å². The van der Waals surface area contributed by atoms with Crippen molar-refractivity contribution >= 4 is 22.6 Å². The Hall–Kier alpha value is -3.67. The topological polar surface area (TPSA) is 77.1 Å². The third-order valence-corrected chi connectivity index (χ3v) is 3.96. The van der Waals surface area contributed by atoms with Gasteiger partial charge in [-0.05, 0) is 29.8 Å². The molecule has 1 amide bonds. The van der Waals surface area contributed by atoms with Crippen LogP contribution in [0.3, 0.4) is 0 Å². The number of benzene rings is 2. The van der Waals surface area contributed by atoms with Crippen LogP contribution in [0.15, 0.2) is 82.3 Å². The fourth-order valence-electron chi connectivity index (χ4n) is 2.69. The maximum Gasteiger partial charge on any atom is 0.336 e. The van der Waals surface area contributed by atoms with Crippen molar-refractivity contribution in [1.29, 1.82) is 0 Å². The monoisotopic (exact) mass is 345 g/mol. The molecule has 4 rings (SSSR count). The molecule has 128 valence electrons. The third kappa shape index (κ3) is 3.39. The van der Waals surface area contributed by atoms with Gasteiger partial charge in [0.25, 0.3) is 5.91 Å². The van der Waals surface area contributed by atoms with E-state index in [0.717, 1.165) is 10.9 Å². The zero-order valence-corrected chi connectivity index (χ0v) is 13.8. The largest absolute Gasteiger partial charge is 0.423 e. The van der Waals surface area contributed by atoms with E-state index >= 15 is 0 Å². The molecule has 0 fully saturated rings. The Morgan fingerprint density at radius 2 is 1.92 bits per heavy atom. The fraction of sp³-hybridized carbons (Fsp3) is 0.0500. The van der Waals surface area contributed by atoms with Crippen LogP contribution < -0.4 is 10.9 Å². The molecule has 1 N–H and O–H groups in total. The predicted molar refractivity (Wildman–Crippen MR) is 98.2 cm³/mol. The number of carbonyl (C=O) groups is 1. The Labute approximate surface area is 148 Å². The number of amides is 1. The molecule has 2 heterocycles. The minimum atomic E-state index is -0.403. The van der Waals surface area contributed by atoms with Gasteiger partial charge in [0, 0.05) is 23.3 Å². The van der Waals surface area contributed by atoms with Crippen molar-refractivity contribution in [2.45, 2.75) is 6.54 Å². The van der Waals surface area contributed by atoms with Gasteiger partial charge in [0.2, 0.25) is 0 Å². The number of carbonyl (C=O) groups excluding carboxylic acids is 1. The second-order valence-corrected chi connectivity index (χ2v) is 5.87. The van der Waals surface area contributed by atoms with E-state index < -0.39 is 5.63 Å². The molecule has 2 aromatic heterocycles. The fourth-order valence-corrected chi connectivity index (χ4v) is 2.69. The number of hydrogen-bond acceptors (Lipinski definition) is 4. The highest BCUT2D eigenvalue weighted by molar-refractivity contribution is 6.04. The summed E-state index contributed by atoms with van der Waals surface area (Å²) in [5, 5.41) is 7.81. The standard InChI is InChI=1S/C20H15N3O3/c24-19-9-6-15-10-17(7-8-18(15)26-19)22-20(25)16-11-21-23(13-16)12-14-4-2-1-3-5-14/h1-11,13H,12H2,(H,22,25). The lowest BCUT2D eigenvalue weighted by atomic mass is 10.2. The molecule has 26 heavy (non-hydrogen) atoms. The molecule has 4 aromatic rings. The smallest absolute Gasteiger partial charge is 0.336 e. The SMILES string of the molecule is O=C(Nc1ccc2oc(=O)ccc2c1)c1cnn(Cc2ccccc2)c1. The van der Waals surface area contributed by atoms with Gasteiger partial charge in [-0.2, -0.15) is 5.10 Å². The summed E-state index contributed by atoms with van der Waals surface area (Å²) >= 11 is 0. The molecule has 0 spiro atoms. The first-order valence-corrected chi connectivity index (χ1v) is 8.09. The summed E-state index contributed by atoms with van der Waals surface area (Å²) < 4.78 is 6.81. The number of anilines is 1. The summed E-state index contributed by atoms with van der Waals surface area (Å²) in [7, 11) is 0. The molecule has 0 radical (unpaired) electrons. The van der Waals surface area contributed by atoms with Crippen molar-refractivity contribution in [2.75, 3.05) is 5.32 Å². The Morgan fingerprint density at radius 1 is 1.08 bits per heavy atom. The van der Waals surface area contributed by atoms with E-state index in [-0.39, 0.29) is 5.91 Å². The van der Waals surface area contributed by atoms with Crippen molar-refractivity contribution in [3.63, 3.8) is 0 Å². The minimum Gasteiger partial charge on any atom is -0.423 e. The van der Waals surface area contributed by atoms with E-state index in [4.69, 9.17) is 4.42 Å². The van der Waals surface area contributed by atoms with Crippen LogP contribution in [0.4, 0.5) is 5.69 Å². The zero-order valence-electron chi connectivity index (χ0n) is 13.8. The summed E-state index contributed by atoms with van der Waals surface area (Å²) in [6.45, 7) is 0.600. The van der Waals surface area contributed by atoms with Gasteiger partial charge < -0.3 is 9.73 Å². The molecular formula is C20H15N3O3. The predicted octanol–water partition coefficient (Wildman–Crippen LogP) is 3.29. The summed E-state index contributed by atoms with van der Waals surface area (Å²) in [5.74, 6) is -0.249. The molecule has 0 atom stereocenters. The molecule has 2 aromatic carbocycles. The lowest BCUT2D eigenvalue weighted by Crippen LogP contribution is -2.11. The van der Waals surface area contributed by atoms with Gasteiger partial charge in [-0.1, -0.05) is 30.3 Å². The van der Waals surface area contributed by atoms with Crippen LogP contribution in [0.2, 0.25) is 0 Å². The normalized spacial score (nSPS) is 10.8. The van der Waals surface area contributed by atoms with Gasteiger partial charge >= 0.3 is 5.63 Å². The molecule has 0 aliphatic rings. The summed E-state index contributed by atoms with van der Waals surface area (Å²) in [6.07, 6.45) is 3.25. The van der Waals surface area contributed by atoms with Gasteiger partial charge in [-0.25, -0.2) is 4.79 Å². The molecular weight excluding hydrogens is 330 g/mol. The van der Waals surface area contributed by atoms with E-state index in [0.29, 0.717) is 23.4 Å². The number of nitrogens with zero attached hydrogens (tertiary/aromatic N) is 2. The number of rotatable bonds is 4. The molecule has 0 bridgehead atoms. The second-order valence-electron chi connectivity index (χ2n) is 5.87. The molecule has 0 saturated heterocycles. The third-order valence-electron chi connectivity index (χ3n) is 3.96. The first kappa shape index (κ1) is 15.8. The maximum atomic E-state index is 12.4. The van der Waals surface area contributed by atoms with Gasteiger partial charge in [0.1, 0.15) is 5.58 Å². The molecule has 0 aliphatic carbocycles. The first-order chi connectivity index (χ1) is 12.7. The van der Waals surface area contributed by atoms with Gasteiger partial charge in [-0.3, -0.25) is 9.48 Å². The molecule has 0 unspecified atom stereocenters. The Kier molecular flexibility index (Phi) is 4.07. The highest BCUT2D eigenvalue weighted by Gasteiger charge is 2.10. The average Bonchev–Trinajstić information content (AvgIpc) is 3.11. The number of nitrogens with one attached hydrogen (secondary N) is 1. The van der Waals surface area contributed by atoms with E-state index in [2.05, 4.69) is 10.4 Å². The van der Waals surface area contributed by atoms with E-state index in [1.165, 1.54) is 6.07 Å². The lowest BCUT2D eigenvalue weighted by molar-refractivity contribution is 0.102. The van der Waals surface area contributed by atoms with Crippen LogP contribution in [-0.2, 0) is 6.54 Å². The molecule has 6 nitrogen and oxygen atoms in total. The van der Waals surface area contributed by atoms with Crippen molar-refractivity contribution in [2.24, 2.45) is 0 Å². The molecule has 0 aliphatic heterocycles. The van der Waals surface area contributed by atoms with Crippen LogP contribution in [0.1, 0.15) is 15.9 Å². The summed E-state index contributed by atoms with van der Waals surface area (Å²) in [5.41, 5.74) is 2.28. The van der Waals surface area contributed by atoms with Crippen molar-refractivity contribution in [1.82, 2.24) is 9.78 Å². The van der Waals surface area contributed by atoms with E-state index in [1.54, 1.807) is 41.3 Å². The van der Waals surface area contributed by atoms with Crippen LogP contribution in [0.25, 0.3) is 11.0 Å². The average molecular weight is 345 g/mol. The van der Waals surface area contributed by atoms with Gasteiger partial charge in [0.15, 0.2) is 0 Å². The second kappa shape index (κ2) is 6.68. The first-order valence-electron chi connectivity index (χ1n) is 8.09.